The smallest absolute Gasteiger partial charge is 0.306 e. The first-order chi connectivity index (χ1) is 9.56. The van der Waals surface area contributed by atoms with Crippen LogP contribution in [-0.4, -0.2) is 5.97 Å². The molecule has 2 bridgehead atoms. The van der Waals surface area contributed by atoms with Crippen molar-refractivity contribution in [1.82, 2.24) is 0 Å². The minimum atomic E-state index is -0.108. The highest BCUT2D eigenvalue weighted by Gasteiger charge is 2.49. The van der Waals surface area contributed by atoms with E-state index in [1.807, 2.05) is 18.4 Å². The van der Waals surface area contributed by atoms with E-state index in [9.17, 15) is 4.79 Å². The van der Waals surface area contributed by atoms with Crippen molar-refractivity contribution in [2.45, 2.75) is 46.1 Å². The van der Waals surface area contributed by atoms with Crippen LogP contribution in [0.3, 0.4) is 0 Å². The standard InChI is InChI=1S/C17H24O2S/c1-10-11(2)16-7-14(10)6-15(16)8-17(18)19-12(3)13-4-5-20-9-13/h4-5,9-12,14-16H,6-8H2,1-3H3. The molecule has 20 heavy (non-hydrogen) atoms. The van der Waals surface area contributed by atoms with Gasteiger partial charge < -0.3 is 4.74 Å². The maximum Gasteiger partial charge on any atom is 0.306 e. The molecule has 1 aromatic rings. The predicted molar refractivity (Wildman–Crippen MR) is 81.5 cm³/mol. The Hall–Kier alpha value is -0.830. The second-order valence-corrected chi connectivity index (χ2v) is 7.55. The Morgan fingerprint density at radius 2 is 2.20 bits per heavy atom. The minimum absolute atomic E-state index is 0.0129. The fraction of sp³-hybridized carbons (Fsp3) is 0.706. The summed E-state index contributed by atoms with van der Waals surface area (Å²) in [5.74, 6) is 3.77. The first kappa shape index (κ1) is 14.1. The maximum atomic E-state index is 12.2. The van der Waals surface area contributed by atoms with Gasteiger partial charge in [0.2, 0.25) is 0 Å². The number of hydrogen-bond donors (Lipinski definition) is 0. The average molecular weight is 292 g/mol. The van der Waals surface area contributed by atoms with E-state index in [2.05, 4.69) is 19.2 Å². The molecule has 3 heteroatoms. The lowest BCUT2D eigenvalue weighted by Crippen LogP contribution is -2.26. The van der Waals surface area contributed by atoms with Gasteiger partial charge in [0, 0.05) is 12.0 Å². The molecule has 1 aromatic heterocycles. The summed E-state index contributed by atoms with van der Waals surface area (Å²) in [5.41, 5.74) is 1.11. The van der Waals surface area contributed by atoms with Crippen LogP contribution in [0, 0.1) is 29.6 Å². The van der Waals surface area contributed by atoms with Gasteiger partial charge in [-0.25, -0.2) is 0 Å². The molecule has 0 spiro atoms. The van der Waals surface area contributed by atoms with Crippen LogP contribution in [0.15, 0.2) is 16.8 Å². The van der Waals surface area contributed by atoms with Crippen LogP contribution in [0.5, 0.6) is 0 Å². The second-order valence-electron chi connectivity index (χ2n) is 6.77. The monoisotopic (exact) mass is 292 g/mol. The molecule has 1 heterocycles. The number of fused-ring (bicyclic) bond motifs is 2. The van der Waals surface area contributed by atoms with Gasteiger partial charge in [-0.05, 0) is 66.2 Å². The lowest BCUT2D eigenvalue weighted by atomic mass is 9.74. The molecule has 0 aliphatic heterocycles. The van der Waals surface area contributed by atoms with Crippen LogP contribution in [0.25, 0.3) is 0 Å². The van der Waals surface area contributed by atoms with Crippen molar-refractivity contribution in [1.29, 1.82) is 0 Å². The molecule has 2 saturated carbocycles. The van der Waals surface area contributed by atoms with Gasteiger partial charge in [-0.15, -0.1) is 0 Å². The van der Waals surface area contributed by atoms with Gasteiger partial charge in [0.05, 0.1) is 0 Å². The lowest BCUT2D eigenvalue weighted by Gasteiger charge is -2.31. The highest BCUT2D eigenvalue weighted by atomic mass is 32.1. The molecule has 2 aliphatic carbocycles. The zero-order chi connectivity index (χ0) is 14.3. The molecule has 6 atom stereocenters. The molecule has 0 radical (unpaired) electrons. The van der Waals surface area contributed by atoms with Crippen molar-refractivity contribution in [2.24, 2.45) is 29.6 Å². The number of thiophene rings is 1. The summed E-state index contributed by atoms with van der Waals surface area (Å²) in [7, 11) is 0. The zero-order valence-corrected chi connectivity index (χ0v) is 13.4. The van der Waals surface area contributed by atoms with Crippen molar-refractivity contribution in [2.75, 3.05) is 0 Å². The van der Waals surface area contributed by atoms with Crippen molar-refractivity contribution in [3.05, 3.63) is 22.4 Å². The highest BCUT2D eigenvalue weighted by Crippen LogP contribution is 2.55. The van der Waals surface area contributed by atoms with Crippen LogP contribution in [0.2, 0.25) is 0 Å². The van der Waals surface area contributed by atoms with E-state index >= 15 is 0 Å². The van der Waals surface area contributed by atoms with E-state index in [1.165, 1.54) is 12.8 Å². The molecule has 0 aromatic carbocycles. The molecular formula is C17H24O2S. The van der Waals surface area contributed by atoms with Gasteiger partial charge in [-0.3, -0.25) is 4.79 Å². The normalized spacial score (nSPS) is 37.0. The molecule has 3 rings (SSSR count). The van der Waals surface area contributed by atoms with Crippen LogP contribution < -0.4 is 0 Å². The molecule has 2 fully saturated rings. The fourth-order valence-corrected chi connectivity index (χ4v) is 5.10. The third kappa shape index (κ3) is 2.52. The molecular weight excluding hydrogens is 268 g/mol. The van der Waals surface area contributed by atoms with E-state index in [4.69, 9.17) is 4.74 Å². The van der Waals surface area contributed by atoms with Crippen molar-refractivity contribution in [3.8, 4) is 0 Å². The average Bonchev–Trinajstić information content (AvgIpc) is 3.09. The van der Waals surface area contributed by atoms with Crippen molar-refractivity contribution < 1.29 is 9.53 Å². The number of hydrogen-bond acceptors (Lipinski definition) is 3. The van der Waals surface area contributed by atoms with E-state index in [-0.39, 0.29) is 12.1 Å². The topological polar surface area (TPSA) is 26.3 Å². The SMILES string of the molecule is CC(OC(=O)CC1CC2CC1C(C)C2C)c1ccsc1. The minimum Gasteiger partial charge on any atom is -0.458 e. The highest BCUT2D eigenvalue weighted by molar-refractivity contribution is 7.07. The van der Waals surface area contributed by atoms with Gasteiger partial charge in [0.15, 0.2) is 0 Å². The Kier molecular flexibility index (Phi) is 3.89. The summed E-state index contributed by atoms with van der Waals surface area (Å²) in [6.45, 7) is 6.70. The molecule has 2 aliphatic rings. The molecule has 110 valence electrons. The van der Waals surface area contributed by atoms with E-state index in [1.54, 1.807) is 11.3 Å². The fourth-order valence-electron chi connectivity index (χ4n) is 4.36. The van der Waals surface area contributed by atoms with Crippen LogP contribution in [0.1, 0.15) is 51.7 Å². The molecule has 2 nitrogen and oxygen atoms in total. The zero-order valence-electron chi connectivity index (χ0n) is 12.5. The lowest BCUT2D eigenvalue weighted by molar-refractivity contribution is -0.150. The number of carbonyl (C=O) groups excluding carboxylic acids is 1. The first-order valence-electron chi connectivity index (χ1n) is 7.77. The second kappa shape index (κ2) is 5.51. The molecule has 0 N–H and O–H groups in total. The summed E-state index contributed by atoms with van der Waals surface area (Å²) in [4.78, 5) is 12.2. The van der Waals surface area contributed by atoms with Crippen LogP contribution in [-0.2, 0) is 9.53 Å². The van der Waals surface area contributed by atoms with E-state index in [0.29, 0.717) is 12.3 Å². The largest absolute Gasteiger partial charge is 0.458 e. The van der Waals surface area contributed by atoms with Gasteiger partial charge >= 0.3 is 5.97 Å². The first-order valence-corrected chi connectivity index (χ1v) is 8.72. The summed E-state index contributed by atoms with van der Waals surface area (Å²) in [6.07, 6.45) is 3.08. The van der Waals surface area contributed by atoms with Crippen molar-refractivity contribution >= 4 is 17.3 Å². The van der Waals surface area contributed by atoms with Gasteiger partial charge in [0.1, 0.15) is 6.10 Å². The predicted octanol–water partition coefficient (Wildman–Crippen LogP) is 4.67. The summed E-state index contributed by atoms with van der Waals surface area (Å²) in [5, 5.41) is 4.08. The van der Waals surface area contributed by atoms with Gasteiger partial charge in [-0.1, -0.05) is 13.8 Å². The van der Waals surface area contributed by atoms with Gasteiger partial charge in [0.25, 0.3) is 0 Å². The molecule has 6 unspecified atom stereocenters. The Labute approximate surface area is 125 Å². The van der Waals surface area contributed by atoms with E-state index in [0.717, 1.165) is 29.2 Å². The quantitative estimate of drug-likeness (QED) is 0.754. The molecule has 0 amide bonds. The third-order valence-electron chi connectivity index (χ3n) is 5.78. The van der Waals surface area contributed by atoms with Crippen LogP contribution >= 0.6 is 11.3 Å². The Morgan fingerprint density at radius 3 is 2.80 bits per heavy atom. The third-order valence-corrected chi connectivity index (χ3v) is 6.49. The molecule has 0 saturated heterocycles. The summed E-state index contributed by atoms with van der Waals surface area (Å²) >= 11 is 1.65. The maximum absolute atomic E-state index is 12.2. The summed E-state index contributed by atoms with van der Waals surface area (Å²) < 4.78 is 5.59. The number of carbonyl (C=O) groups is 1. The van der Waals surface area contributed by atoms with Crippen LogP contribution in [0.4, 0.5) is 0 Å². The van der Waals surface area contributed by atoms with E-state index < -0.39 is 0 Å². The number of rotatable bonds is 4. The Morgan fingerprint density at radius 1 is 1.40 bits per heavy atom. The Balaban J connectivity index is 1.53. The summed E-state index contributed by atoms with van der Waals surface area (Å²) in [6, 6.07) is 2.03. The van der Waals surface area contributed by atoms with Crippen molar-refractivity contribution in [3.63, 3.8) is 0 Å². The number of ether oxygens (including phenoxy) is 1. The Bertz CT molecular complexity index is 465. The number of esters is 1. The van der Waals surface area contributed by atoms with Gasteiger partial charge in [-0.2, -0.15) is 11.3 Å².